The summed E-state index contributed by atoms with van der Waals surface area (Å²) in [5.74, 6) is 0. The third-order valence-corrected chi connectivity index (χ3v) is 8.72. The van der Waals surface area contributed by atoms with E-state index in [1.807, 2.05) is 72.8 Å². The second-order valence-electron chi connectivity index (χ2n) is 12.2. The first-order chi connectivity index (χ1) is 22.8. The van der Waals surface area contributed by atoms with Gasteiger partial charge in [-0.05, 0) is 35.1 Å². The van der Waals surface area contributed by atoms with E-state index in [2.05, 4.69) is 48.5 Å². The van der Waals surface area contributed by atoms with Crippen molar-refractivity contribution in [2.75, 3.05) is 6.61 Å². The molecule has 1 saturated heterocycles. The molecule has 2 fully saturated rings. The number of hydrogen-bond donors (Lipinski definition) is 0. The molecule has 0 amide bonds. The van der Waals surface area contributed by atoms with Gasteiger partial charge in [0.1, 0.15) is 24.4 Å². The fraction of sp³-hybridized carbons (Fsp3) is 0.400. The molecular formula is C40H46O6. The van der Waals surface area contributed by atoms with Crippen molar-refractivity contribution in [1.29, 1.82) is 0 Å². The van der Waals surface area contributed by atoms with Gasteiger partial charge in [-0.15, -0.1) is 0 Å². The Hall–Kier alpha value is -3.36. The summed E-state index contributed by atoms with van der Waals surface area (Å²) in [4.78, 5) is 0. The van der Waals surface area contributed by atoms with E-state index in [1.54, 1.807) is 0 Å². The molecule has 242 valence electrons. The summed E-state index contributed by atoms with van der Waals surface area (Å²) in [6.45, 7) is 2.04. The van der Waals surface area contributed by atoms with Crippen molar-refractivity contribution < 1.29 is 28.4 Å². The lowest BCUT2D eigenvalue weighted by molar-refractivity contribution is -0.337. The van der Waals surface area contributed by atoms with Crippen molar-refractivity contribution in [2.45, 2.75) is 95.3 Å². The fourth-order valence-corrected chi connectivity index (χ4v) is 6.25. The zero-order valence-electron chi connectivity index (χ0n) is 26.5. The molecule has 1 saturated carbocycles. The molecule has 1 aliphatic carbocycles. The molecule has 0 radical (unpaired) electrons. The number of benzene rings is 4. The van der Waals surface area contributed by atoms with Crippen LogP contribution < -0.4 is 0 Å². The van der Waals surface area contributed by atoms with E-state index in [0.29, 0.717) is 33.0 Å². The summed E-state index contributed by atoms with van der Waals surface area (Å²) in [5.41, 5.74) is 4.35. The summed E-state index contributed by atoms with van der Waals surface area (Å²) in [5, 5.41) is 0. The van der Waals surface area contributed by atoms with Crippen LogP contribution in [0.15, 0.2) is 121 Å². The highest BCUT2D eigenvalue weighted by Crippen LogP contribution is 2.34. The number of hydrogen-bond acceptors (Lipinski definition) is 6. The molecule has 4 aromatic carbocycles. The summed E-state index contributed by atoms with van der Waals surface area (Å²) in [7, 11) is 0. The molecule has 0 spiro atoms. The van der Waals surface area contributed by atoms with E-state index >= 15 is 0 Å². The fourth-order valence-electron chi connectivity index (χ4n) is 6.25. The van der Waals surface area contributed by atoms with Gasteiger partial charge < -0.3 is 28.4 Å². The van der Waals surface area contributed by atoms with Crippen LogP contribution in [0.25, 0.3) is 0 Å². The van der Waals surface area contributed by atoms with Crippen LogP contribution in [-0.2, 0) is 54.8 Å². The van der Waals surface area contributed by atoms with Gasteiger partial charge in [-0.2, -0.15) is 0 Å². The van der Waals surface area contributed by atoms with Gasteiger partial charge in [0.15, 0.2) is 6.29 Å². The van der Waals surface area contributed by atoms with Crippen LogP contribution >= 0.6 is 0 Å². The van der Waals surface area contributed by atoms with Crippen LogP contribution in [0.4, 0.5) is 0 Å². The highest BCUT2D eigenvalue weighted by Gasteiger charge is 2.49. The molecule has 6 heteroatoms. The quantitative estimate of drug-likeness (QED) is 0.134. The topological polar surface area (TPSA) is 55.4 Å². The van der Waals surface area contributed by atoms with Crippen molar-refractivity contribution >= 4 is 0 Å². The molecule has 1 aliphatic heterocycles. The third kappa shape index (κ3) is 9.58. The Balaban J connectivity index is 1.29. The number of rotatable bonds is 15. The zero-order valence-corrected chi connectivity index (χ0v) is 26.5. The van der Waals surface area contributed by atoms with Gasteiger partial charge in [-0.3, -0.25) is 0 Å². The van der Waals surface area contributed by atoms with Crippen molar-refractivity contribution in [3.63, 3.8) is 0 Å². The highest BCUT2D eigenvalue weighted by molar-refractivity contribution is 5.16. The van der Waals surface area contributed by atoms with Gasteiger partial charge in [0.05, 0.1) is 39.1 Å². The summed E-state index contributed by atoms with van der Waals surface area (Å²) < 4.78 is 40.2. The monoisotopic (exact) mass is 622 g/mol. The third-order valence-electron chi connectivity index (χ3n) is 8.72. The predicted octanol–water partition coefficient (Wildman–Crippen LogP) is 8.03. The first-order valence-corrected chi connectivity index (χ1v) is 16.7. The minimum absolute atomic E-state index is 0.115. The van der Waals surface area contributed by atoms with Crippen LogP contribution in [0, 0.1) is 0 Å². The second kappa shape index (κ2) is 17.5. The van der Waals surface area contributed by atoms with Crippen molar-refractivity contribution in [2.24, 2.45) is 0 Å². The molecule has 6 nitrogen and oxygen atoms in total. The van der Waals surface area contributed by atoms with Crippen molar-refractivity contribution in [3.05, 3.63) is 144 Å². The normalized spacial score (nSPS) is 23.7. The maximum absolute atomic E-state index is 6.83. The molecule has 0 unspecified atom stereocenters. The molecule has 1 heterocycles. The van der Waals surface area contributed by atoms with Gasteiger partial charge in [0.2, 0.25) is 0 Å². The van der Waals surface area contributed by atoms with Gasteiger partial charge in [-0.25, -0.2) is 0 Å². The highest BCUT2D eigenvalue weighted by atomic mass is 16.7. The van der Waals surface area contributed by atoms with E-state index < -0.39 is 30.7 Å². The Kier molecular flexibility index (Phi) is 12.4. The molecule has 46 heavy (non-hydrogen) atoms. The molecule has 4 aromatic rings. The summed E-state index contributed by atoms with van der Waals surface area (Å²) >= 11 is 0. The van der Waals surface area contributed by atoms with Crippen LogP contribution in [0.1, 0.15) is 54.4 Å². The van der Waals surface area contributed by atoms with Crippen LogP contribution in [0.5, 0.6) is 0 Å². The van der Waals surface area contributed by atoms with Crippen LogP contribution in [0.2, 0.25) is 0 Å². The molecule has 0 bridgehead atoms. The van der Waals surface area contributed by atoms with Crippen molar-refractivity contribution in [1.82, 2.24) is 0 Å². The zero-order chi connectivity index (χ0) is 31.2. The van der Waals surface area contributed by atoms with Gasteiger partial charge in [0.25, 0.3) is 0 Å². The Bertz CT molecular complexity index is 1380. The van der Waals surface area contributed by atoms with Crippen LogP contribution in [0.3, 0.4) is 0 Å². The lowest BCUT2D eigenvalue weighted by Crippen LogP contribution is -2.62. The summed E-state index contributed by atoms with van der Waals surface area (Å²) in [6.07, 6.45) is 3.20. The number of ether oxygens (including phenoxy) is 6. The minimum Gasteiger partial charge on any atom is -0.374 e. The average Bonchev–Trinajstić information content (AvgIpc) is 3.12. The van der Waals surface area contributed by atoms with E-state index in [9.17, 15) is 0 Å². The van der Waals surface area contributed by atoms with Crippen LogP contribution in [-0.4, -0.2) is 43.4 Å². The van der Waals surface area contributed by atoms with E-state index in [1.165, 1.54) is 6.42 Å². The molecule has 0 N–H and O–H groups in total. The first-order valence-electron chi connectivity index (χ1n) is 16.7. The standard InChI is InChI=1S/C40H46O6/c1-6-16-31(17-7-1)26-41-30-36-37(42-27-32-18-8-2-9-19-32)38(43-28-33-20-10-3-11-21-33)39(44-29-34-22-12-4-13-23-34)40(46-36)45-35-24-14-5-15-25-35/h1-4,6-13,16-23,35-40H,5,14-15,24-30H2/t36-,37-,38+,39-,40+/m1/s1. The maximum atomic E-state index is 6.83. The Labute approximate surface area is 273 Å². The van der Waals surface area contributed by atoms with E-state index in [-0.39, 0.29) is 6.10 Å². The first kappa shape index (κ1) is 32.6. The second-order valence-corrected chi connectivity index (χ2v) is 12.2. The average molecular weight is 623 g/mol. The minimum atomic E-state index is -0.630. The Morgan fingerprint density at radius 1 is 0.478 bits per heavy atom. The Morgan fingerprint density at radius 2 is 0.913 bits per heavy atom. The van der Waals surface area contributed by atoms with Gasteiger partial charge in [0, 0.05) is 0 Å². The van der Waals surface area contributed by atoms with Gasteiger partial charge in [-0.1, -0.05) is 141 Å². The SMILES string of the molecule is c1ccc(COC[C@H]2O[C@H](OC3CCCCC3)[C@H](OCc3ccccc3)[C@@H](OCc3ccccc3)[C@@H]2OCc2ccccc2)cc1. The lowest BCUT2D eigenvalue weighted by Gasteiger charge is -2.47. The van der Waals surface area contributed by atoms with E-state index in [0.717, 1.165) is 47.9 Å². The molecular weight excluding hydrogens is 576 g/mol. The van der Waals surface area contributed by atoms with Gasteiger partial charge >= 0.3 is 0 Å². The maximum Gasteiger partial charge on any atom is 0.187 e. The summed E-state index contributed by atoms with van der Waals surface area (Å²) in [6, 6.07) is 40.9. The molecule has 0 aromatic heterocycles. The molecule has 2 aliphatic rings. The van der Waals surface area contributed by atoms with E-state index in [4.69, 9.17) is 28.4 Å². The molecule has 5 atom stereocenters. The lowest BCUT2D eigenvalue weighted by atomic mass is 9.96. The smallest absolute Gasteiger partial charge is 0.187 e. The van der Waals surface area contributed by atoms with Crippen molar-refractivity contribution in [3.8, 4) is 0 Å². The Morgan fingerprint density at radius 3 is 1.41 bits per heavy atom. The largest absolute Gasteiger partial charge is 0.374 e. The predicted molar refractivity (Wildman–Crippen MR) is 178 cm³/mol. The molecule has 6 rings (SSSR count).